The van der Waals surface area contributed by atoms with Crippen molar-refractivity contribution in [2.24, 2.45) is 5.73 Å². The fraction of sp³-hybridized carbons (Fsp3) is 0.692. The zero-order valence-electron chi connectivity index (χ0n) is 11.0. The van der Waals surface area contributed by atoms with Crippen molar-refractivity contribution in [1.82, 2.24) is 10.3 Å². The number of amides is 1. The molecule has 1 aromatic rings. The van der Waals surface area contributed by atoms with Gasteiger partial charge in [-0.15, -0.1) is 11.3 Å². The summed E-state index contributed by atoms with van der Waals surface area (Å²) in [6.07, 6.45) is 4.65. The molecule has 0 saturated heterocycles. The molecule has 1 aliphatic rings. The standard InChI is InChI=1S/C13H21N3OS/c1-9-8-18-12(15-9)10(2)16-11(17)7-13(14)5-3-4-6-13/h8,10H,3-7,14H2,1-2H3,(H,16,17). The van der Waals surface area contributed by atoms with Crippen LogP contribution in [0.1, 0.15) is 55.8 Å². The minimum absolute atomic E-state index is 0.0267. The zero-order valence-corrected chi connectivity index (χ0v) is 11.8. The lowest BCUT2D eigenvalue weighted by Crippen LogP contribution is -2.42. The van der Waals surface area contributed by atoms with Crippen molar-refractivity contribution in [3.8, 4) is 0 Å². The van der Waals surface area contributed by atoms with E-state index in [1.54, 1.807) is 11.3 Å². The van der Waals surface area contributed by atoms with Gasteiger partial charge in [-0.25, -0.2) is 4.98 Å². The fourth-order valence-electron chi connectivity index (χ4n) is 2.50. The molecule has 1 amide bonds. The van der Waals surface area contributed by atoms with Gasteiger partial charge in [0.05, 0.1) is 6.04 Å². The molecular formula is C13H21N3OS. The Bertz CT molecular complexity index is 424. The van der Waals surface area contributed by atoms with Gasteiger partial charge < -0.3 is 11.1 Å². The Labute approximate surface area is 112 Å². The summed E-state index contributed by atoms with van der Waals surface area (Å²) < 4.78 is 0. The quantitative estimate of drug-likeness (QED) is 0.879. The first-order chi connectivity index (χ1) is 8.48. The number of hydrogen-bond donors (Lipinski definition) is 2. The Kier molecular flexibility index (Phi) is 4.02. The number of hydrogen-bond acceptors (Lipinski definition) is 4. The van der Waals surface area contributed by atoms with Crippen LogP contribution in [0.25, 0.3) is 0 Å². The molecule has 1 aliphatic carbocycles. The maximum atomic E-state index is 12.0. The average Bonchev–Trinajstić information content (AvgIpc) is 2.87. The summed E-state index contributed by atoms with van der Waals surface area (Å²) in [5.41, 5.74) is 6.93. The van der Waals surface area contributed by atoms with E-state index in [0.29, 0.717) is 6.42 Å². The lowest BCUT2D eigenvalue weighted by Gasteiger charge is -2.23. The van der Waals surface area contributed by atoms with Crippen LogP contribution in [0, 0.1) is 6.92 Å². The van der Waals surface area contributed by atoms with Crippen LogP contribution in [-0.2, 0) is 4.79 Å². The van der Waals surface area contributed by atoms with Gasteiger partial charge in [-0.05, 0) is 26.7 Å². The highest BCUT2D eigenvalue weighted by Crippen LogP contribution is 2.30. The van der Waals surface area contributed by atoms with Crippen LogP contribution >= 0.6 is 11.3 Å². The number of nitrogens with one attached hydrogen (secondary N) is 1. The minimum Gasteiger partial charge on any atom is -0.347 e. The summed E-state index contributed by atoms with van der Waals surface area (Å²) in [6, 6.07) is -0.0267. The third-order valence-corrected chi connectivity index (χ3v) is 4.64. The van der Waals surface area contributed by atoms with Crippen molar-refractivity contribution in [3.05, 3.63) is 16.1 Å². The van der Waals surface area contributed by atoms with E-state index in [0.717, 1.165) is 36.4 Å². The van der Waals surface area contributed by atoms with E-state index in [1.807, 2.05) is 19.2 Å². The third-order valence-electron chi connectivity index (χ3n) is 3.50. The Hall–Kier alpha value is -0.940. The molecule has 1 heterocycles. The number of aromatic nitrogens is 1. The Morgan fingerprint density at radius 2 is 2.28 bits per heavy atom. The molecular weight excluding hydrogens is 246 g/mol. The summed E-state index contributed by atoms with van der Waals surface area (Å²) >= 11 is 1.58. The highest BCUT2D eigenvalue weighted by atomic mass is 32.1. The minimum atomic E-state index is -0.275. The van der Waals surface area contributed by atoms with Gasteiger partial charge in [0.2, 0.25) is 5.91 Å². The van der Waals surface area contributed by atoms with Crippen molar-refractivity contribution in [1.29, 1.82) is 0 Å². The van der Waals surface area contributed by atoms with E-state index >= 15 is 0 Å². The van der Waals surface area contributed by atoms with E-state index in [9.17, 15) is 4.79 Å². The largest absolute Gasteiger partial charge is 0.347 e. The highest BCUT2D eigenvalue weighted by molar-refractivity contribution is 7.09. The lowest BCUT2D eigenvalue weighted by molar-refractivity contribution is -0.122. The molecule has 1 saturated carbocycles. The number of carbonyl (C=O) groups is 1. The van der Waals surface area contributed by atoms with Crippen LogP contribution in [-0.4, -0.2) is 16.4 Å². The van der Waals surface area contributed by atoms with Crippen LogP contribution in [0.4, 0.5) is 0 Å². The van der Waals surface area contributed by atoms with Gasteiger partial charge in [0.15, 0.2) is 0 Å². The first-order valence-electron chi connectivity index (χ1n) is 6.49. The van der Waals surface area contributed by atoms with Crippen molar-refractivity contribution < 1.29 is 4.79 Å². The molecule has 0 aromatic carbocycles. The first-order valence-corrected chi connectivity index (χ1v) is 7.37. The van der Waals surface area contributed by atoms with Gasteiger partial charge in [0, 0.05) is 23.0 Å². The smallest absolute Gasteiger partial charge is 0.222 e. The molecule has 1 aromatic heterocycles. The van der Waals surface area contributed by atoms with E-state index < -0.39 is 0 Å². The maximum Gasteiger partial charge on any atom is 0.222 e. The van der Waals surface area contributed by atoms with Crippen LogP contribution in [0.3, 0.4) is 0 Å². The van der Waals surface area contributed by atoms with Gasteiger partial charge in [-0.3, -0.25) is 4.79 Å². The van der Waals surface area contributed by atoms with E-state index in [1.165, 1.54) is 0 Å². The summed E-state index contributed by atoms with van der Waals surface area (Å²) in [6.45, 7) is 3.93. The summed E-state index contributed by atoms with van der Waals surface area (Å²) in [5, 5.41) is 5.95. The number of aryl methyl sites for hydroxylation is 1. The number of nitrogens with zero attached hydrogens (tertiary/aromatic N) is 1. The predicted octanol–water partition coefficient (Wildman–Crippen LogP) is 2.29. The van der Waals surface area contributed by atoms with E-state index in [2.05, 4.69) is 10.3 Å². The summed E-state index contributed by atoms with van der Waals surface area (Å²) in [7, 11) is 0. The monoisotopic (exact) mass is 267 g/mol. The second-order valence-corrected chi connectivity index (χ2v) is 6.25. The molecule has 1 unspecified atom stereocenters. The van der Waals surface area contributed by atoms with E-state index in [4.69, 9.17) is 5.73 Å². The van der Waals surface area contributed by atoms with Gasteiger partial charge in [0.1, 0.15) is 5.01 Å². The molecule has 2 rings (SSSR count). The molecule has 5 heteroatoms. The van der Waals surface area contributed by atoms with Gasteiger partial charge in [-0.1, -0.05) is 12.8 Å². The fourth-order valence-corrected chi connectivity index (χ4v) is 3.30. The Morgan fingerprint density at radius 1 is 1.61 bits per heavy atom. The molecule has 0 spiro atoms. The van der Waals surface area contributed by atoms with Crippen molar-refractivity contribution >= 4 is 17.2 Å². The molecule has 1 fully saturated rings. The first kappa shape index (κ1) is 13.5. The number of rotatable bonds is 4. The molecule has 3 N–H and O–H groups in total. The highest BCUT2D eigenvalue weighted by Gasteiger charge is 2.32. The maximum absolute atomic E-state index is 12.0. The Morgan fingerprint density at radius 3 is 2.83 bits per heavy atom. The predicted molar refractivity (Wildman–Crippen MR) is 73.4 cm³/mol. The molecule has 0 aliphatic heterocycles. The molecule has 18 heavy (non-hydrogen) atoms. The number of nitrogens with two attached hydrogens (primary N) is 1. The van der Waals surface area contributed by atoms with Crippen LogP contribution in [0.15, 0.2) is 5.38 Å². The van der Waals surface area contributed by atoms with Crippen molar-refractivity contribution in [2.45, 2.75) is 57.5 Å². The third kappa shape index (κ3) is 3.29. The molecule has 0 radical (unpaired) electrons. The summed E-state index contributed by atoms with van der Waals surface area (Å²) in [4.78, 5) is 16.4. The zero-order chi connectivity index (χ0) is 13.2. The SMILES string of the molecule is Cc1csc(C(C)NC(=O)CC2(N)CCCC2)n1. The number of thiazole rings is 1. The van der Waals surface area contributed by atoms with Crippen LogP contribution < -0.4 is 11.1 Å². The average molecular weight is 267 g/mol. The second kappa shape index (κ2) is 5.36. The normalized spacial score (nSPS) is 19.7. The van der Waals surface area contributed by atoms with Gasteiger partial charge in [-0.2, -0.15) is 0 Å². The van der Waals surface area contributed by atoms with Gasteiger partial charge in [0.25, 0.3) is 0 Å². The summed E-state index contributed by atoms with van der Waals surface area (Å²) in [5.74, 6) is 0.0414. The molecule has 1 atom stereocenters. The van der Waals surface area contributed by atoms with Crippen molar-refractivity contribution in [2.75, 3.05) is 0 Å². The van der Waals surface area contributed by atoms with Crippen LogP contribution in [0.5, 0.6) is 0 Å². The topological polar surface area (TPSA) is 68.0 Å². The Balaban J connectivity index is 1.87. The second-order valence-electron chi connectivity index (χ2n) is 5.36. The van der Waals surface area contributed by atoms with Gasteiger partial charge >= 0.3 is 0 Å². The van der Waals surface area contributed by atoms with E-state index in [-0.39, 0.29) is 17.5 Å². The lowest BCUT2D eigenvalue weighted by atomic mass is 9.94. The number of carbonyl (C=O) groups excluding carboxylic acids is 1. The molecule has 100 valence electrons. The molecule has 0 bridgehead atoms. The molecule has 4 nitrogen and oxygen atoms in total. The van der Waals surface area contributed by atoms with Crippen LogP contribution in [0.2, 0.25) is 0 Å². The van der Waals surface area contributed by atoms with Crippen molar-refractivity contribution in [3.63, 3.8) is 0 Å².